The highest BCUT2D eigenvalue weighted by Gasteiger charge is 2.37. The van der Waals surface area contributed by atoms with Crippen LogP contribution in [-0.2, 0) is 0 Å². The number of allylic oxidation sites excluding steroid dienone is 1. The summed E-state index contributed by atoms with van der Waals surface area (Å²) in [7, 11) is 0. The van der Waals surface area contributed by atoms with Gasteiger partial charge in [-0.15, -0.1) is 0 Å². The van der Waals surface area contributed by atoms with Crippen LogP contribution in [0.4, 0.5) is 4.39 Å². The van der Waals surface area contributed by atoms with E-state index in [1.165, 1.54) is 6.07 Å². The number of hydrogen-bond acceptors (Lipinski definition) is 4. The van der Waals surface area contributed by atoms with Crippen LogP contribution in [0, 0.1) is 24.1 Å². The lowest BCUT2D eigenvalue weighted by molar-refractivity contribution is 0.366. The number of nitrogens with two attached hydrogens (primary N) is 1. The van der Waals surface area contributed by atoms with E-state index in [1.807, 2.05) is 49.4 Å². The first kappa shape index (κ1) is 18.0. The van der Waals surface area contributed by atoms with E-state index in [-0.39, 0.29) is 11.5 Å². The Labute approximate surface area is 172 Å². The highest BCUT2D eigenvalue weighted by molar-refractivity contribution is 5.84. The number of hydrogen-bond donors (Lipinski definition) is 1. The van der Waals surface area contributed by atoms with E-state index in [0.717, 1.165) is 16.5 Å². The molecule has 0 spiro atoms. The zero-order valence-electron chi connectivity index (χ0n) is 16.1. The van der Waals surface area contributed by atoms with E-state index in [9.17, 15) is 9.65 Å². The van der Waals surface area contributed by atoms with Gasteiger partial charge in [-0.3, -0.25) is 0 Å². The maximum absolute atomic E-state index is 14.7. The quantitative estimate of drug-likeness (QED) is 0.533. The first-order valence-corrected chi connectivity index (χ1v) is 9.49. The number of benzene rings is 3. The van der Waals surface area contributed by atoms with E-state index < -0.39 is 11.7 Å². The maximum atomic E-state index is 14.7. The summed E-state index contributed by atoms with van der Waals surface area (Å²) in [5, 5.41) is 16.5. The summed E-state index contributed by atoms with van der Waals surface area (Å²) >= 11 is 0. The predicted molar refractivity (Wildman–Crippen MR) is 112 cm³/mol. The molecule has 1 aliphatic heterocycles. The monoisotopic (exact) mass is 396 g/mol. The highest BCUT2D eigenvalue weighted by Crippen LogP contribution is 2.45. The Bertz CT molecular complexity index is 1380. The average molecular weight is 396 g/mol. The second-order valence-corrected chi connectivity index (χ2v) is 7.19. The fourth-order valence-electron chi connectivity index (χ4n) is 4.02. The maximum Gasteiger partial charge on any atom is 0.229 e. The minimum Gasteiger partial charge on any atom is -0.422 e. The second kappa shape index (κ2) is 6.75. The zero-order chi connectivity index (χ0) is 20.8. The lowest BCUT2D eigenvalue weighted by atomic mass is 9.84. The Hall–Kier alpha value is -4.11. The van der Waals surface area contributed by atoms with Crippen molar-refractivity contribution in [2.45, 2.75) is 12.8 Å². The molecule has 1 aromatic heterocycles. The summed E-state index contributed by atoms with van der Waals surface area (Å²) in [6.07, 6.45) is 0. The Morgan fingerprint density at radius 1 is 1.07 bits per heavy atom. The first-order chi connectivity index (χ1) is 14.6. The molecule has 0 saturated carbocycles. The predicted octanol–water partition coefficient (Wildman–Crippen LogP) is 4.69. The molecule has 0 aliphatic carbocycles. The van der Waals surface area contributed by atoms with Gasteiger partial charge in [-0.05, 0) is 35.9 Å². The van der Waals surface area contributed by atoms with E-state index in [4.69, 9.17) is 10.5 Å². The van der Waals surface area contributed by atoms with Crippen molar-refractivity contribution in [3.63, 3.8) is 0 Å². The van der Waals surface area contributed by atoms with E-state index in [1.54, 1.807) is 22.9 Å². The Balaban J connectivity index is 1.75. The van der Waals surface area contributed by atoms with Crippen LogP contribution >= 0.6 is 0 Å². The van der Waals surface area contributed by atoms with Crippen LogP contribution < -0.4 is 10.5 Å². The molecule has 0 bridgehead atoms. The third-order valence-corrected chi connectivity index (χ3v) is 5.43. The Morgan fingerprint density at radius 2 is 1.80 bits per heavy atom. The van der Waals surface area contributed by atoms with Gasteiger partial charge in [0.2, 0.25) is 11.8 Å². The van der Waals surface area contributed by atoms with Gasteiger partial charge in [-0.1, -0.05) is 48.5 Å². The average Bonchev–Trinajstić information content (AvgIpc) is 3.09. The number of aryl methyl sites for hydroxylation is 1. The summed E-state index contributed by atoms with van der Waals surface area (Å²) in [4.78, 5) is 0. The van der Waals surface area contributed by atoms with Crippen molar-refractivity contribution in [3.05, 3.63) is 101 Å². The largest absolute Gasteiger partial charge is 0.422 e. The molecule has 6 heteroatoms. The third-order valence-electron chi connectivity index (χ3n) is 5.43. The number of nitriles is 1. The number of nitrogens with zero attached hydrogens (tertiary/aromatic N) is 3. The summed E-state index contributed by atoms with van der Waals surface area (Å²) < 4.78 is 22.2. The molecule has 0 amide bonds. The lowest BCUT2D eigenvalue weighted by Gasteiger charge is -2.25. The molecule has 2 N–H and O–H groups in total. The van der Waals surface area contributed by atoms with Crippen molar-refractivity contribution in [3.8, 4) is 17.6 Å². The first-order valence-electron chi connectivity index (χ1n) is 9.49. The van der Waals surface area contributed by atoms with Gasteiger partial charge in [0, 0.05) is 5.56 Å². The molecule has 5 rings (SSSR count). The van der Waals surface area contributed by atoms with Crippen LogP contribution in [0.2, 0.25) is 0 Å². The molecule has 0 unspecified atom stereocenters. The SMILES string of the molecule is Cc1nn(-c2ccc3ccccc3c2)c2c1[C@H](c1ccccc1F)C(C#N)=C(N)O2. The molecule has 146 valence electrons. The Kier molecular flexibility index (Phi) is 4.04. The van der Waals surface area contributed by atoms with Crippen molar-refractivity contribution < 1.29 is 9.13 Å². The van der Waals surface area contributed by atoms with E-state index in [2.05, 4.69) is 11.2 Å². The van der Waals surface area contributed by atoms with Gasteiger partial charge < -0.3 is 10.5 Å². The molecule has 1 atom stereocenters. The molecule has 1 aliphatic rings. The number of aromatic nitrogens is 2. The van der Waals surface area contributed by atoms with Crippen molar-refractivity contribution in [1.29, 1.82) is 5.26 Å². The molecule has 0 fully saturated rings. The van der Waals surface area contributed by atoms with Crippen molar-refractivity contribution in [1.82, 2.24) is 9.78 Å². The molecular formula is C24H17FN4O. The van der Waals surface area contributed by atoms with Gasteiger partial charge in [0.25, 0.3) is 0 Å². The minimum atomic E-state index is -0.686. The van der Waals surface area contributed by atoms with E-state index >= 15 is 0 Å². The summed E-state index contributed by atoms with van der Waals surface area (Å²) in [5.74, 6) is -0.740. The molecule has 5 nitrogen and oxygen atoms in total. The second-order valence-electron chi connectivity index (χ2n) is 7.19. The molecule has 3 aromatic carbocycles. The number of rotatable bonds is 2. The van der Waals surface area contributed by atoms with Crippen LogP contribution in [0.25, 0.3) is 16.5 Å². The summed E-state index contributed by atoms with van der Waals surface area (Å²) in [6, 6.07) is 22.4. The van der Waals surface area contributed by atoms with Crippen molar-refractivity contribution in [2.75, 3.05) is 0 Å². The van der Waals surface area contributed by atoms with Crippen LogP contribution in [0.3, 0.4) is 0 Å². The standard InChI is InChI=1S/C24H17FN4O/c1-14-21-22(18-8-4-5-9-20(18)25)19(13-26)23(27)30-24(21)29(28-14)17-11-10-15-6-2-3-7-16(15)12-17/h2-12,22H,27H2,1H3/t22-/m1/s1. The Morgan fingerprint density at radius 3 is 2.57 bits per heavy atom. The van der Waals surface area contributed by atoms with Crippen LogP contribution in [0.5, 0.6) is 5.88 Å². The number of ether oxygens (including phenoxy) is 1. The fraction of sp³-hybridized carbons (Fsp3) is 0.0833. The normalized spacial score (nSPS) is 15.6. The van der Waals surface area contributed by atoms with Crippen molar-refractivity contribution >= 4 is 10.8 Å². The molecule has 2 heterocycles. The molecule has 0 radical (unpaired) electrons. The zero-order valence-corrected chi connectivity index (χ0v) is 16.1. The van der Waals surface area contributed by atoms with Gasteiger partial charge in [-0.2, -0.15) is 10.4 Å². The van der Waals surface area contributed by atoms with Gasteiger partial charge in [-0.25, -0.2) is 9.07 Å². The molecule has 30 heavy (non-hydrogen) atoms. The van der Waals surface area contributed by atoms with Crippen LogP contribution in [0.15, 0.2) is 78.2 Å². The van der Waals surface area contributed by atoms with Crippen molar-refractivity contribution in [2.24, 2.45) is 5.73 Å². The number of halogens is 1. The van der Waals surface area contributed by atoms with Crippen LogP contribution in [0.1, 0.15) is 22.7 Å². The molecule has 0 saturated heterocycles. The number of fused-ring (bicyclic) bond motifs is 2. The smallest absolute Gasteiger partial charge is 0.229 e. The fourth-order valence-corrected chi connectivity index (χ4v) is 4.02. The minimum absolute atomic E-state index is 0.0415. The molecule has 4 aromatic rings. The highest BCUT2D eigenvalue weighted by atomic mass is 19.1. The summed E-state index contributed by atoms with van der Waals surface area (Å²) in [6.45, 7) is 1.82. The van der Waals surface area contributed by atoms with Gasteiger partial charge in [0.1, 0.15) is 17.5 Å². The van der Waals surface area contributed by atoms with E-state index in [0.29, 0.717) is 22.7 Å². The van der Waals surface area contributed by atoms with Crippen LogP contribution in [-0.4, -0.2) is 9.78 Å². The summed E-state index contributed by atoms with van der Waals surface area (Å²) in [5.41, 5.74) is 8.71. The molecular weight excluding hydrogens is 379 g/mol. The van der Waals surface area contributed by atoms with Gasteiger partial charge in [0.05, 0.1) is 22.9 Å². The lowest BCUT2D eigenvalue weighted by Crippen LogP contribution is -2.22. The van der Waals surface area contributed by atoms with Gasteiger partial charge >= 0.3 is 0 Å². The third kappa shape index (κ3) is 2.64. The van der Waals surface area contributed by atoms with Gasteiger partial charge in [0.15, 0.2) is 0 Å². The topological polar surface area (TPSA) is 76.9 Å².